The number of alkyl halides is 9. The number of rotatable bonds is 5. The quantitative estimate of drug-likeness (QED) is 0.419. The van der Waals surface area contributed by atoms with Crippen molar-refractivity contribution in [2.24, 2.45) is 0 Å². The fourth-order valence-corrected chi connectivity index (χ4v) is 1.14. The second-order valence-electron chi connectivity index (χ2n) is 2.64. The summed E-state index contributed by atoms with van der Waals surface area (Å²) >= 11 is 0.713. The van der Waals surface area contributed by atoms with Crippen LogP contribution in [0, 0.1) is 0 Å². The number of hydrogen-bond acceptors (Lipinski definition) is 3. The maximum absolute atomic E-state index is 12.4. The molecule has 0 fully saturated rings. The molecule has 18 heavy (non-hydrogen) atoms. The van der Waals surface area contributed by atoms with Crippen molar-refractivity contribution in [1.29, 1.82) is 0 Å². The largest absolute Gasteiger partial charge is 0.442 e. The Bertz CT molecular complexity index is 412. The zero-order valence-electron chi connectivity index (χ0n) is 7.41. The number of hydrogen-bond donors (Lipinski definition) is 0. The average molecular weight is 379 g/mol. The average Bonchev–Trinajstić information content (AvgIpc) is 1.95. The second kappa shape index (κ2) is 4.40. The van der Waals surface area contributed by atoms with E-state index in [0.29, 0.717) is 15.9 Å². The third-order valence-electron chi connectivity index (χ3n) is 1.32. The molecule has 0 bridgehead atoms. The third-order valence-corrected chi connectivity index (χ3v) is 2.23. The van der Waals surface area contributed by atoms with E-state index in [0.717, 1.165) is 0 Å². The predicted molar refractivity (Wildman–Crippen MR) is 39.8 cm³/mol. The van der Waals surface area contributed by atoms with Gasteiger partial charge in [0.05, 0.1) is 0 Å². The van der Waals surface area contributed by atoms with Crippen molar-refractivity contribution in [3.8, 4) is 0 Å². The molecule has 0 aromatic heterocycles. The molecule has 0 aliphatic rings. The van der Waals surface area contributed by atoms with Gasteiger partial charge in [-0.2, -0.15) is 47.7 Å². The Balaban J connectivity index is 5.64. The van der Waals surface area contributed by atoms with Crippen LogP contribution in [-0.2, 0) is 14.7 Å². The molecule has 0 saturated carbocycles. The summed E-state index contributed by atoms with van der Waals surface area (Å²) in [5.74, 6) is -13.8. The van der Waals surface area contributed by atoms with E-state index in [4.69, 9.17) is 0 Å². The predicted octanol–water partition coefficient (Wildman–Crippen LogP) is 3.07. The minimum Gasteiger partial charge on any atom is -0.191 e. The van der Waals surface area contributed by atoms with Crippen molar-refractivity contribution in [2.75, 3.05) is 0 Å². The highest BCUT2D eigenvalue weighted by Gasteiger charge is 2.82. The zero-order chi connectivity index (χ0) is 15.2. The summed E-state index contributed by atoms with van der Waals surface area (Å²) in [5.41, 5.74) is 0. The standard InChI is InChI=1S/C4BrF9O3S/c5-3(10,11)1(6,7)2(8,9)4(12,13)17-18(14,15)16. The minimum absolute atomic E-state index is 0.713. The van der Waals surface area contributed by atoms with E-state index < -0.39 is 33.3 Å². The molecule has 0 N–H and O–H groups in total. The van der Waals surface area contributed by atoms with Gasteiger partial charge in [0.25, 0.3) is 0 Å². The summed E-state index contributed by atoms with van der Waals surface area (Å²) in [5, 5.41) is 0. The molecule has 0 amide bonds. The summed E-state index contributed by atoms with van der Waals surface area (Å²) < 4.78 is 131. The summed E-state index contributed by atoms with van der Waals surface area (Å²) in [7, 11) is -6.79. The highest BCUT2D eigenvalue weighted by molar-refractivity contribution is 9.10. The normalized spacial score (nSPS) is 15.9. The van der Waals surface area contributed by atoms with E-state index in [1.807, 2.05) is 0 Å². The number of halogens is 10. The monoisotopic (exact) mass is 378 g/mol. The summed E-state index contributed by atoms with van der Waals surface area (Å²) in [6.45, 7) is 0. The Morgan fingerprint density at radius 2 is 1.17 bits per heavy atom. The van der Waals surface area contributed by atoms with Crippen LogP contribution in [0.15, 0.2) is 0 Å². The van der Waals surface area contributed by atoms with Gasteiger partial charge in [0.1, 0.15) is 0 Å². The first-order valence-electron chi connectivity index (χ1n) is 3.31. The molecule has 0 saturated heterocycles. The molecular formula is C4BrF9O3S. The van der Waals surface area contributed by atoms with Crippen LogP contribution in [0.3, 0.4) is 0 Å². The van der Waals surface area contributed by atoms with Crippen molar-refractivity contribution < 1.29 is 51.6 Å². The van der Waals surface area contributed by atoms with Crippen LogP contribution >= 0.6 is 15.9 Å². The van der Waals surface area contributed by atoms with Crippen LogP contribution in [0.5, 0.6) is 0 Å². The molecule has 0 atom stereocenters. The summed E-state index contributed by atoms with van der Waals surface area (Å²) in [6, 6.07) is 0. The molecule has 110 valence electrons. The van der Waals surface area contributed by atoms with Gasteiger partial charge in [0.15, 0.2) is 0 Å². The van der Waals surface area contributed by atoms with Gasteiger partial charge in [-0.3, -0.25) is 0 Å². The molecule has 0 aromatic rings. The Morgan fingerprint density at radius 3 is 1.39 bits per heavy atom. The van der Waals surface area contributed by atoms with Gasteiger partial charge in [0.2, 0.25) is 0 Å². The first-order chi connectivity index (χ1) is 7.46. The smallest absolute Gasteiger partial charge is 0.191 e. The van der Waals surface area contributed by atoms with Crippen LogP contribution in [0.4, 0.5) is 39.0 Å². The van der Waals surface area contributed by atoms with E-state index in [1.165, 1.54) is 0 Å². The van der Waals surface area contributed by atoms with E-state index in [2.05, 4.69) is 0 Å². The van der Waals surface area contributed by atoms with Gasteiger partial charge in [0, 0.05) is 0 Å². The van der Waals surface area contributed by atoms with E-state index in [1.54, 1.807) is 4.18 Å². The molecule has 0 aliphatic heterocycles. The lowest BCUT2D eigenvalue weighted by Gasteiger charge is -2.32. The molecular weight excluding hydrogens is 379 g/mol. The SMILES string of the molecule is O=S(=O)(F)OC(F)(F)C(F)(F)C(F)(F)C(F)(F)Br. The van der Waals surface area contributed by atoms with Crippen molar-refractivity contribution in [2.45, 2.75) is 22.8 Å². The van der Waals surface area contributed by atoms with Crippen LogP contribution < -0.4 is 0 Å². The maximum atomic E-state index is 12.4. The Hall–Kier alpha value is -0.240. The van der Waals surface area contributed by atoms with Crippen molar-refractivity contribution in [3.63, 3.8) is 0 Å². The molecule has 0 aliphatic carbocycles. The molecule has 0 aromatic carbocycles. The van der Waals surface area contributed by atoms with Gasteiger partial charge in [-0.15, -0.1) is 0 Å². The fraction of sp³-hybridized carbons (Fsp3) is 1.00. The van der Waals surface area contributed by atoms with E-state index in [-0.39, 0.29) is 0 Å². The van der Waals surface area contributed by atoms with Crippen molar-refractivity contribution in [1.82, 2.24) is 0 Å². The molecule has 0 heterocycles. The lowest BCUT2D eigenvalue weighted by atomic mass is 10.1. The van der Waals surface area contributed by atoms with Gasteiger partial charge >= 0.3 is 33.3 Å². The lowest BCUT2D eigenvalue weighted by Crippen LogP contribution is -2.61. The maximum Gasteiger partial charge on any atom is 0.442 e. The van der Waals surface area contributed by atoms with Gasteiger partial charge in [-0.25, -0.2) is 0 Å². The van der Waals surface area contributed by atoms with Gasteiger partial charge < -0.3 is 0 Å². The summed E-state index contributed by atoms with van der Waals surface area (Å²) in [4.78, 5) is -5.84. The second-order valence-corrected chi connectivity index (χ2v) is 4.59. The first-order valence-corrected chi connectivity index (χ1v) is 5.41. The molecule has 14 heteroatoms. The third kappa shape index (κ3) is 3.20. The molecule has 0 radical (unpaired) electrons. The van der Waals surface area contributed by atoms with Crippen LogP contribution in [0.2, 0.25) is 0 Å². The molecule has 0 unspecified atom stereocenters. The van der Waals surface area contributed by atoms with E-state index in [9.17, 15) is 47.4 Å². The zero-order valence-corrected chi connectivity index (χ0v) is 9.82. The van der Waals surface area contributed by atoms with Crippen LogP contribution in [-0.4, -0.2) is 31.2 Å². The van der Waals surface area contributed by atoms with Gasteiger partial charge in [-0.05, 0) is 15.9 Å². The Kier molecular flexibility index (Phi) is 4.34. The highest BCUT2D eigenvalue weighted by atomic mass is 79.9. The van der Waals surface area contributed by atoms with Crippen LogP contribution in [0.1, 0.15) is 0 Å². The Labute approximate surface area is 101 Å². The van der Waals surface area contributed by atoms with Gasteiger partial charge in [-0.1, -0.05) is 3.89 Å². The van der Waals surface area contributed by atoms with Crippen LogP contribution in [0.25, 0.3) is 0 Å². The molecule has 0 spiro atoms. The Morgan fingerprint density at radius 1 is 0.833 bits per heavy atom. The molecule has 0 rings (SSSR count). The fourth-order valence-electron chi connectivity index (χ4n) is 0.538. The molecule has 3 nitrogen and oxygen atoms in total. The summed E-state index contributed by atoms with van der Waals surface area (Å²) in [6.07, 6.45) is -6.73. The topological polar surface area (TPSA) is 43.4 Å². The lowest BCUT2D eigenvalue weighted by molar-refractivity contribution is -0.394. The highest BCUT2D eigenvalue weighted by Crippen LogP contribution is 2.55. The van der Waals surface area contributed by atoms with E-state index >= 15 is 0 Å². The van der Waals surface area contributed by atoms with Crippen molar-refractivity contribution >= 4 is 26.4 Å². The minimum atomic E-state index is -7.02. The first kappa shape index (κ1) is 17.8. The van der Waals surface area contributed by atoms with Crippen molar-refractivity contribution in [3.05, 3.63) is 0 Å².